The molecular weight excluding hydrogens is 347 g/mol. The Bertz CT molecular complexity index is 646. The third-order valence-electron chi connectivity index (χ3n) is 3.98. The molecule has 1 fully saturated rings. The molecule has 0 N–H and O–H groups in total. The molecule has 6 heteroatoms. The van der Waals surface area contributed by atoms with Crippen molar-refractivity contribution < 1.29 is 9.13 Å². The molecule has 1 aliphatic rings. The van der Waals surface area contributed by atoms with E-state index in [1.807, 2.05) is 0 Å². The predicted molar refractivity (Wildman–Crippen MR) is 80.6 cm³/mol. The minimum Gasteiger partial charge on any atom is -0.381 e. The van der Waals surface area contributed by atoms with Crippen molar-refractivity contribution in [2.45, 2.75) is 37.3 Å². The molecule has 0 amide bonds. The monoisotopic (exact) mass is 360 g/mol. The van der Waals surface area contributed by atoms with Crippen molar-refractivity contribution in [2.24, 2.45) is 0 Å². The SMILES string of the molecule is COC1CCC(n2c(CCl)nc3cc(F)c(Br)cc32)C1. The number of rotatable bonds is 3. The van der Waals surface area contributed by atoms with Crippen LogP contribution in [-0.2, 0) is 10.6 Å². The molecule has 1 saturated carbocycles. The van der Waals surface area contributed by atoms with Crippen molar-refractivity contribution in [1.82, 2.24) is 9.55 Å². The molecule has 3 rings (SSSR count). The third kappa shape index (κ3) is 2.36. The summed E-state index contributed by atoms with van der Waals surface area (Å²) in [6.45, 7) is 0. The zero-order valence-corrected chi connectivity index (χ0v) is 13.4. The van der Waals surface area contributed by atoms with Crippen LogP contribution in [0, 0.1) is 5.82 Å². The van der Waals surface area contributed by atoms with Crippen molar-refractivity contribution in [3.63, 3.8) is 0 Å². The van der Waals surface area contributed by atoms with Gasteiger partial charge in [0.2, 0.25) is 0 Å². The number of fused-ring (bicyclic) bond motifs is 1. The lowest BCUT2D eigenvalue weighted by molar-refractivity contribution is 0.106. The van der Waals surface area contributed by atoms with Gasteiger partial charge in [-0.2, -0.15) is 0 Å². The summed E-state index contributed by atoms with van der Waals surface area (Å²) in [5.41, 5.74) is 1.58. The van der Waals surface area contributed by atoms with Crippen LogP contribution in [0.3, 0.4) is 0 Å². The summed E-state index contributed by atoms with van der Waals surface area (Å²) in [7, 11) is 1.74. The van der Waals surface area contributed by atoms with Crippen molar-refractivity contribution in [2.75, 3.05) is 7.11 Å². The Labute approximate surface area is 130 Å². The van der Waals surface area contributed by atoms with Crippen molar-refractivity contribution >= 4 is 38.6 Å². The van der Waals surface area contributed by atoms with Crippen molar-refractivity contribution in [3.8, 4) is 0 Å². The fraction of sp³-hybridized carbons (Fsp3) is 0.500. The van der Waals surface area contributed by atoms with Crippen LogP contribution in [0.5, 0.6) is 0 Å². The highest BCUT2D eigenvalue weighted by Crippen LogP contribution is 2.36. The molecule has 2 aromatic rings. The molecular formula is C14H15BrClFN2O. The normalized spacial score (nSPS) is 22.8. The van der Waals surface area contributed by atoms with Gasteiger partial charge in [0.05, 0.1) is 27.5 Å². The first kappa shape index (κ1) is 14.3. The average molecular weight is 362 g/mol. The lowest BCUT2D eigenvalue weighted by Crippen LogP contribution is -2.11. The van der Waals surface area contributed by atoms with E-state index in [9.17, 15) is 4.39 Å². The van der Waals surface area contributed by atoms with Gasteiger partial charge in [-0.1, -0.05) is 0 Å². The van der Waals surface area contributed by atoms with Crippen molar-refractivity contribution in [1.29, 1.82) is 0 Å². The molecule has 1 heterocycles. The van der Waals surface area contributed by atoms with Crippen LogP contribution < -0.4 is 0 Å². The van der Waals surface area contributed by atoms with Crippen LogP contribution in [0.2, 0.25) is 0 Å². The highest BCUT2D eigenvalue weighted by atomic mass is 79.9. The van der Waals surface area contributed by atoms with E-state index in [4.69, 9.17) is 16.3 Å². The molecule has 1 aliphatic carbocycles. The second kappa shape index (κ2) is 5.62. The maximum atomic E-state index is 13.6. The number of hydrogen-bond acceptors (Lipinski definition) is 2. The minimum atomic E-state index is -0.301. The number of hydrogen-bond donors (Lipinski definition) is 0. The van der Waals surface area contributed by atoms with Gasteiger partial charge in [-0.3, -0.25) is 0 Å². The third-order valence-corrected chi connectivity index (χ3v) is 4.83. The number of ether oxygens (including phenoxy) is 1. The lowest BCUT2D eigenvalue weighted by atomic mass is 10.2. The molecule has 1 aromatic carbocycles. The van der Waals surface area contributed by atoms with Crippen LogP contribution in [0.25, 0.3) is 11.0 Å². The van der Waals surface area contributed by atoms with E-state index in [1.54, 1.807) is 13.2 Å². The standard InChI is InChI=1S/C14H15BrClFN2O/c1-20-9-3-2-8(4-9)19-13-5-10(15)11(17)6-12(13)18-14(19)7-16/h5-6,8-9H,2-4,7H2,1H3. The van der Waals surface area contributed by atoms with Gasteiger partial charge >= 0.3 is 0 Å². The summed E-state index contributed by atoms with van der Waals surface area (Å²) >= 11 is 9.25. The summed E-state index contributed by atoms with van der Waals surface area (Å²) < 4.78 is 21.7. The second-order valence-corrected chi connectivity index (χ2v) is 6.23. The van der Waals surface area contributed by atoms with Crippen LogP contribution in [0.4, 0.5) is 4.39 Å². The van der Waals surface area contributed by atoms with E-state index in [0.717, 1.165) is 30.6 Å². The number of nitrogens with zero attached hydrogens (tertiary/aromatic N) is 2. The maximum Gasteiger partial charge on any atom is 0.139 e. The van der Waals surface area contributed by atoms with Crippen LogP contribution >= 0.6 is 27.5 Å². The second-order valence-electron chi connectivity index (χ2n) is 5.11. The Kier molecular flexibility index (Phi) is 4.02. The van der Waals surface area contributed by atoms with E-state index >= 15 is 0 Å². The maximum absolute atomic E-state index is 13.6. The molecule has 3 nitrogen and oxygen atoms in total. The van der Waals surface area contributed by atoms with Gasteiger partial charge in [-0.15, -0.1) is 11.6 Å². The lowest BCUT2D eigenvalue weighted by Gasteiger charge is -2.16. The molecule has 1 aromatic heterocycles. The van der Waals surface area contributed by atoms with Gasteiger partial charge in [0.25, 0.3) is 0 Å². The number of alkyl halides is 1. The molecule has 20 heavy (non-hydrogen) atoms. The molecule has 0 saturated heterocycles. The zero-order chi connectivity index (χ0) is 14.3. The number of benzene rings is 1. The van der Waals surface area contributed by atoms with E-state index < -0.39 is 0 Å². The van der Waals surface area contributed by atoms with Crippen molar-refractivity contribution in [3.05, 3.63) is 28.2 Å². The Morgan fingerprint density at radius 1 is 1.50 bits per heavy atom. The fourth-order valence-corrected chi connectivity index (χ4v) is 3.53. The first-order valence-electron chi connectivity index (χ1n) is 6.58. The Balaban J connectivity index is 2.11. The minimum absolute atomic E-state index is 0.282. The van der Waals surface area contributed by atoms with Crippen LogP contribution in [-0.4, -0.2) is 22.8 Å². The van der Waals surface area contributed by atoms with Gasteiger partial charge in [0.15, 0.2) is 0 Å². The summed E-state index contributed by atoms with van der Waals surface area (Å²) in [5, 5.41) is 0. The highest BCUT2D eigenvalue weighted by Gasteiger charge is 2.28. The van der Waals surface area contributed by atoms with E-state index in [2.05, 4.69) is 25.5 Å². The van der Waals surface area contributed by atoms with E-state index in [0.29, 0.717) is 21.9 Å². The average Bonchev–Trinajstić information content (AvgIpc) is 3.03. The van der Waals surface area contributed by atoms with Gasteiger partial charge in [0, 0.05) is 19.2 Å². The topological polar surface area (TPSA) is 27.1 Å². The van der Waals surface area contributed by atoms with Gasteiger partial charge < -0.3 is 9.30 Å². The largest absolute Gasteiger partial charge is 0.381 e. The molecule has 0 radical (unpaired) electrons. The van der Waals surface area contributed by atoms with Gasteiger partial charge in [-0.05, 0) is 41.3 Å². The Hall–Kier alpha value is -0.650. The summed E-state index contributed by atoms with van der Waals surface area (Å²) in [6.07, 6.45) is 3.29. The van der Waals surface area contributed by atoms with Crippen LogP contribution in [0.15, 0.2) is 16.6 Å². The first-order valence-corrected chi connectivity index (χ1v) is 7.91. The molecule has 0 spiro atoms. The number of halogens is 3. The van der Waals surface area contributed by atoms with E-state index in [-0.39, 0.29) is 11.9 Å². The summed E-state index contributed by atoms with van der Waals surface area (Å²) in [4.78, 5) is 4.46. The van der Waals surface area contributed by atoms with Gasteiger partial charge in [-0.25, -0.2) is 9.37 Å². The first-order chi connectivity index (χ1) is 9.63. The van der Waals surface area contributed by atoms with Crippen LogP contribution in [0.1, 0.15) is 31.1 Å². The summed E-state index contributed by atoms with van der Waals surface area (Å²) in [5.74, 6) is 0.813. The summed E-state index contributed by atoms with van der Waals surface area (Å²) in [6, 6.07) is 3.55. The number of imidazole rings is 1. The van der Waals surface area contributed by atoms with Gasteiger partial charge in [0.1, 0.15) is 11.6 Å². The quantitative estimate of drug-likeness (QED) is 0.757. The van der Waals surface area contributed by atoms with E-state index in [1.165, 1.54) is 6.07 Å². The molecule has 2 atom stereocenters. The number of aromatic nitrogens is 2. The fourth-order valence-electron chi connectivity index (χ4n) is 3.01. The highest BCUT2D eigenvalue weighted by molar-refractivity contribution is 9.10. The zero-order valence-electron chi connectivity index (χ0n) is 11.1. The molecule has 0 aliphatic heterocycles. The smallest absolute Gasteiger partial charge is 0.139 e. The number of methoxy groups -OCH3 is 1. The predicted octanol–water partition coefficient (Wildman–Crippen LogP) is 4.42. The molecule has 2 unspecified atom stereocenters. The molecule has 0 bridgehead atoms. The molecule has 108 valence electrons. The Morgan fingerprint density at radius 2 is 2.30 bits per heavy atom. The Morgan fingerprint density at radius 3 is 2.95 bits per heavy atom.